The van der Waals surface area contributed by atoms with Gasteiger partial charge in [0.25, 0.3) is 0 Å². The van der Waals surface area contributed by atoms with Gasteiger partial charge in [-0.2, -0.15) is 0 Å². The number of nitrogens with zero attached hydrogens (tertiary/aromatic N) is 1. The van der Waals surface area contributed by atoms with E-state index in [4.69, 9.17) is 15.3 Å². The monoisotopic (exact) mass is 181 g/mol. The highest BCUT2D eigenvalue weighted by Gasteiger charge is 1.95. The highest BCUT2D eigenvalue weighted by Crippen LogP contribution is 2.18. The molecule has 0 amide bonds. The number of benzene rings is 1. The van der Waals surface area contributed by atoms with Gasteiger partial charge in [-0.05, 0) is 17.7 Å². The van der Waals surface area contributed by atoms with E-state index in [0.29, 0.717) is 12.1 Å². The Kier molecular flexibility index (Phi) is 3.28. The summed E-state index contributed by atoms with van der Waals surface area (Å²) in [5, 5.41) is 26.6. The van der Waals surface area contributed by atoms with Gasteiger partial charge in [0.05, 0.1) is 13.2 Å². The quantitative estimate of drug-likeness (QED) is 0.595. The van der Waals surface area contributed by atoms with Crippen molar-refractivity contribution in [1.29, 1.82) is 0 Å². The largest absolute Gasteiger partial charge is 0.508 e. The molecule has 0 saturated carbocycles. The molecule has 3 N–H and O–H groups in total. The molecule has 0 fully saturated rings. The average molecular weight is 181 g/mol. The third-order valence-corrected chi connectivity index (χ3v) is 1.39. The normalized spacial score (nSPS) is 10.8. The number of phenolic OH excluding ortho intramolecular Hbond substituents is 2. The number of hydrogen-bond donors (Lipinski definition) is 3. The smallest absolute Gasteiger partial charge is 0.119 e. The van der Waals surface area contributed by atoms with Crippen LogP contribution in [-0.4, -0.2) is 34.7 Å². The van der Waals surface area contributed by atoms with Crippen molar-refractivity contribution in [3.63, 3.8) is 0 Å². The number of aliphatic hydroxyl groups is 1. The first-order valence-electron chi connectivity index (χ1n) is 3.86. The Hall–Kier alpha value is -1.55. The van der Waals surface area contributed by atoms with Crippen molar-refractivity contribution in [2.24, 2.45) is 4.99 Å². The van der Waals surface area contributed by atoms with Gasteiger partial charge in [-0.1, -0.05) is 0 Å². The second-order valence-corrected chi connectivity index (χ2v) is 2.54. The first-order chi connectivity index (χ1) is 6.22. The van der Waals surface area contributed by atoms with Crippen molar-refractivity contribution < 1.29 is 15.3 Å². The summed E-state index contributed by atoms with van der Waals surface area (Å²) < 4.78 is 0. The molecule has 0 bridgehead atoms. The lowest BCUT2D eigenvalue weighted by molar-refractivity contribution is 0.307. The van der Waals surface area contributed by atoms with Crippen molar-refractivity contribution in [3.05, 3.63) is 23.8 Å². The van der Waals surface area contributed by atoms with Crippen LogP contribution < -0.4 is 0 Å². The van der Waals surface area contributed by atoms with Crippen LogP contribution in [0.1, 0.15) is 5.56 Å². The standard InChI is InChI=1S/C9H11NO3/c11-2-1-10-6-7-3-8(12)5-9(13)4-7/h3-6,11-13H,1-2H2/b10-6+. The summed E-state index contributed by atoms with van der Waals surface area (Å²) in [5.74, 6) is -0.0177. The van der Waals surface area contributed by atoms with E-state index >= 15 is 0 Å². The number of hydrogen-bond acceptors (Lipinski definition) is 4. The van der Waals surface area contributed by atoms with Gasteiger partial charge in [-0.3, -0.25) is 4.99 Å². The van der Waals surface area contributed by atoms with Gasteiger partial charge in [-0.15, -0.1) is 0 Å². The first-order valence-corrected chi connectivity index (χ1v) is 3.86. The summed E-state index contributed by atoms with van der Waals surface area (Å²) in [6.07, 6.45) is 1.48. The predicted octanol–water partition coefficient (Wildman–Crippen LogP) is 0.509. The van der Waals surface area contributed by atoms with Crippen LogP contribution in [-0.2, 0) is 0 Å². The van der Waals surface area contributed by atoms with E-state index in [1.807, 2.05) is 0 Å². The maximum absolute atomic E-state index is 9.08. The molecule has 0 aliphatic heterocycles. The summed E-state index contributed by atoms with van der Waals surface area (Å²) in [4.78, 5) is 3.85. The Morgan fingerprint density at radius 2 is 1.77 bits per heavy atom. The SMILES string of the molecule is OCC/N=C/c1cc(O)cc(O)c1. The molecule has 0 saturated heterocycles. The van der Waals surface area contributed by atoms with Gasteiger partial charge in [-0.25, -0.2) is 0 Å². The molecule has 13 heavy (non-hydrogen) atoms. The molecule has 0 aliphatic rings. The average Bonchev–Trinajstić information content (AvgIpc) is 2.03. The summed E-state index contributed by atoms with van der Waals surface area (Å²) in [6, 6.07) is 4.19. The van der Waals surface area contributed by atoms with E-state index in [1.54, 1.807) is 0 Å². The van der Waals surface area contributed by atoms with Crippen molar-refractivity contribution >= 4 is 6.21 Å². The topological polar surface area (TPSA) is 73.1 Å². The van der Waals surface area contributed by atoms with Gasteiger partial charge in [0.15, 0.2) is 0 Å². The Morgan fingerprint density at radius 1 is 1.15 bits per heavy atom. The van der Waals surface area contributed by atoms with Gasteiger partial charge < -0.3 is 15.3 Å². The summed E-state index contributed by atoms with van der Waals surface area (Å²) in [7, 11) is 0. The lowest BCUT2D eigenvalue weighted by Crippen LogP contribution is -1.88. The minimum absolute atomic E-state index is 0.00884. The van der Waals surface area contributed by atoms with Crippen LogP contribution in [0.25, 0.3) is 0 Å². The predicted molar refractivity (Wildman–Crippen MR) is 49.3 cm³/mol. The minimum Gasteiger partial charge on any atom is -0.508 e. The summed E-state index contributed by atoms with van der Waals surface area (Å²) in [5.41, 5.74) is 0.603. The van der Waals surface area contributed by atoms with Gasteiger partial charge in [0.1, 0.15) is 11.5 Å². The molecule has 0 aromatic heterocycles. The highest BCUT2D eigenvalue weighted by molar-refractivity contribution is 5.81. The third-order valence-electron chi connectivity index (χ3n) is 1.39. The van der Waals surface area contributed by atoms with E-state index in [-0.39, 0.29) is 18.1 Å². The highest BCUT2D eigenvalue weighted by atomic mass is 16.3. The van der Waals surface area contributed by atoms with Crippen LogP contribution >= 0.6 is 0 Å². The molecule has 0 aliphatic carbocycles. The zero-order valence-corrected chi connectivity index (χ0v) is 7.01. The molecule has 0 unspecified atom stereocenters. The molecular formula is C9H11NO3. The molecule has 4 heteroatoms. The van der Waals surface area contributed by atoms with Crippen LogP contribution in [0.4, 0.5) is 0 Å². The molecule has 0 heterocycles. The van der Waals surface area contributed by atoms with Crippen LogP contribution in [0.5, 0.6) is 11.5 Å². The van der Waals surface area contributed by atoms with Crippen molar-refractivity contribution in [2.75, 3.05) is 13.2 Å². The molecule has 0 spiro atoms. The second kappa shape index (κ2) is 4.47. The minimum atomic E-state index is -0.0126. The lowest BCUT2D eigenvalue weighted by Gasteiger charge is -1.97. The number of aliphatic imine (C=N–C) groups is 1. The molecule has 70 valence electrons. The number of rotatable bonds is 3. The maximum Gasteiger partial charge on any atom is 0.119 e. The summed E-state index contributed by atoms with van der Waals surface area (Å²) >= 11 is 0. The van der Waals surface area contributed by atoms with Crippen molar-refractivity contribution in [2.45, 2.75) is 0 Å². The van der Waals surface area contributed by atoms with E-state index in [2.05, 4.69) is 4.99 Å². The fraction of sp³-hybridized carbons (Fsp3) is 0.222. The van der Waals surface area contributed by atoms with E-state index in [0.717, 1.165) is 0 Å². The molecule has 1 aromatic carbocycles. The zero-order valence-electron chi connectivity index (χ0n) is 7.01. The van der Waals surface area contributed by atoms with Crippen LogP contribution in [0.15, 0.2) is 23.2 Å². The van der Waals surface area contributed by atoms with Crippen LogP contribution in [0.3, 0.4) is 0 Å². The molecule has 4 nitrogen and oxygen atoms in total. The molecular weight excluding hydrogens is 170 g/mol. The molecule has 0 atom stereocenters. The Morgan fingerprint density at radius 3 is 2.31 bits per heavy atom. The first kappa shape index (κ1) is 9.54. The van der Waals surface area contributed by atoms with Crippen LogP contribution in [0.2, 0.25) is 0 Å². The Balaban J connectivity index is 2.77. The molecule has 1 rings (SSSR count). The molecule has 1 aromatic rings. The van der Waals surface area contributed by atoms with Gasteiger partial charge in [0.2, 0.25) is 0 Å². The fourth-order valence-corrected chi connectivity index (χ4v) is 0.920. The third kappa shape index (κ3) is 3.13. The Labute approximate surface area is 75.8 Å². The maximum atomic E-state index is 9.08. The van der Waals surface area contributed by atoms with Crippen LogP contribution in [0, 0.1) is 0 Å². The number of aliphatic hydroxyl groups excluding tert-OH is 1. The van der Waals surface area contributed by atoms with Crippen molar-refractivity contribution in [1.82, 2.24) is 0 Å². The van der Waals surface area contributed by atoms with E-state index in [1.165, 1.54) is 24.4 Å². The van der Waals surface area contributed by atoms with E-state index < -0.39 is 0 Å². The van der Waals surface area contributed by atoms with Gasteiger partial charge >= 0.3 is 0 Å². The Bertz CT molecular complexity index is 289. The number of phenols is 2. The number of aromatic hydroxyl groups is 2. The van der Waals surface area contributed by atoms with Crippen molar-refractivity contribution in [3.8, 4) is 11.5 Å². The summed E-state index contributed by atoms with van der Waals surface area (Å²) in [6.45, 7) is 0.303. The van der Waals surface area contributed by atoms with Gasteiger partial charge in [0, 0.05) is 12.3 Å². The van der Waals surface area contributed by atoms with E-state index in [9.17, 15) is 0 Å². The second-order valence-electron chi connectivity index (χ2n) is 2.54. The zero-order chi connectivity index (χ0) is 9.68. The molecule has 0 radical (unpaired) electrons. The fourth-order valence-electron chi connectivity index (χ4n) is 0.920. The lowest BCUT2D eigenvalue weighted by atomic mass is 10.2.